The first-order chi connectivity index (χ1) is 11.5. The van der Waals surface area contributed by atoms with Crippen LogP contribution in [0.25, 0.3) is 0 Å². The summed E-state index contributed by atoms with van der Waals surface area (Å²) in [6.07, 6.45) is 10.2. The first-order valence-electron chi connectivity index (χ1n) is 10.9. The number of likely N-dealkylation sites (tertiary alicyclic amines) is 1. The molecule has 2 fully saturated rings. The molecular weight excluding hydrogens is 294 g/mol. The number of unbranched alkanes of at least 4 members (excludes halogenated alkanes) is 1. The van der Waals surface area contributed by atoms with Crippen LogP contribution in [0.1, 0.15) is 86.5 Å². The van der Waals surface area contributed by atoms with Crippen LogP contribution in [0.3, 0.4) is 0 Å². The van der Waals surface area contributed by atoms with E-state index >= 15 is 0 Å². The highest BCUT2D eigenvalue weighted by Gasteiger charge is 2.55. The maximum absolute atomic E-state index is 6.70. The average molecular weight is 338 g/mol. The Morgan fingerprint density at radius 1 is 1.12 bits per heavy atom. The van der Waals surface area contributed by atoms with Crippen LogP contribution < -0.4 is 0 Å². The summed E-state index contributed by atoms with van der Waals surface area (Å²) >= 11 is 0. The van der Waals surface area contributed by atoms with Gasteiger partial charge in [-0.3, -0.25) is 0 Å². The minimum Gasteiger partial charge on any atom is -0.373 e. The number of hydrogen-bond acceptors (Lipinski definition) is 2. The predicted octanol–water partition coefficient (Wildman–Crippen LogP) is 5.75. The summed E-state index contributed by atoms with van der Waals surface area (Å²) in [5.41, 5.74) is 0.327. The smallest absolute Gasteiger partial charge is 0.0742 e. The van der Waals surface area contributed by atoms with E-state index in [0.717, 1.165) is 17.8 Å². The highest BCUT2D eigenvalue weighted by molar-refractivity contribution is 5.03. The van der Waals surface area contributed by atoms with Crippen LogP contribution >= 0.6 is 0 Å². The average Bonchev–Trinajstić information content (AvgIpc) is 3.17. The molecule has 6 atom stereocenters. The van der Waals surface area contributed by atoms with Crippen molar-refractivity contribution >= 4 is 0 Å². The summed E-state index contributed by atoms with van der Waals surface area (Å²) in [6, 6.07) is 0. The van der Waals surface area contributed by atoms with E-state index in [1.54, 1.807) is 0 Å². The molecule has 0 spiro atoms. The summed E-state index contributed by atoms with van der Waals surface area (Å²) in [6.45, 7) is 18.2. The largest absolute Gasteiger partial charge is 0.373 e. The van der Waals surface area contributed by atoms with E-state index in [4.69, 9.17) is 4.74 Å². The lowest BCUT2D eigenvalue weighted by Gasteiger charge is -2.44. The van der Waals surface area contributed by atoms with E-state index < -0.39 is 0 Å². The molecule has 0 aromatic carbocycles. The minimum atomic E-state index is 0.327. The van der Waals surface area contributed by atoms with Gasteiger partial charge in [-0.2, -0.15) is 0 Å². The molecule has 0 amide bonds. The molecule has 2 rings (SSSR count). The molecule has 142 valence electrons. The lowest BCUT2D eigenvalue weighted by atomic mass is 9.59. The second-order valence-electron chi connectivity index (χ2n) is 8.84. The van der Waals surface area contributed by atoms with Crippen LogP contribution in [-0.2, 0) is 4.74 Å². The maximum Gasteiger partial charge on any atom is 0.0742 e. The third kappa shape index (κ3) is 4.01. The fourth-order valence-electron chi connectivity index (χ4n) is 5.63. The van der Waals surface area contributed by atoms with Gasteiger partial charge in [-0.15, -0.1) is 0 Å². The van der Waals surface area contributed by atoms with Crippen molar-refractivity contribution in [3.8, 4) is 0 Å². The zero-order valence-electron chi connectivity index (χ0n) is 17.3. The molecule has 0 aromatic heterocycles. The van der Waals surface area contributed by atoms with E-state index in [0.29, 0.717) is 17.6 Å². The standard InChI is InChI=1S/C22H43NO/c1-7-10-13-19(9-3)21-20(16-23-14-11-12-15-23)24-18(5)22(21,6)17(4)8-2/h17-21H,7-16H2,1-6H3/t17?,18-,19?,20+,21+,22-/m0/s1. The lowest BCUT2D eigenvalue weighted by molar-refractivity contribution is 0.00248. The van der Waals surface area contributed by atoms with Gasteiger partial charge in [0.05, 0.1) is 12.2 Å². The van der Waals surface area contributed by atoms with Gasteiger partial charge in [0, 0.05) is 12.0 Å². The SMILES string of the molecule is CCCCC(CC)[C@@H]1[C@@H](CN2CCCC2)O[C@@H](C)[C@]1(C)C(C)CC. The Labute approximate surface area is 151 Å². The minimum absolute atomic E-state index is 0.327. The zero-order chi connectivity index (χ0) is 17.7. The van der Waals surface area contributed by atoms with E-state index in [9.17, 15) is 0 Å². The Hall–Kier alpha value is -0.0800. The van der Waals surface area contributed by atoms with Crippen LogP contribution in [0.4, 0.5) is 0 Å². The summed E-state index contributed by atoms with van der Waals surface area (Å²) < 4.78 is 6.70. The van der Waals surface area contributed by atoms with Crippen molar-refractivity contribution in [1.82, 2.24) is 4.90 Å². The number of hydrogen-bond donors (Lipinski definition) is 0. The second-order valence-corrected chi connectivity index (χ2v) is 8.84. The zero-order valence-corrected chi connectivity index (χ0v) is 17.3. The molecule has 24 heavy (non-hydrogen) atoms. The molecule has 2 unspecified atom stereocenters. The molecule has 2 nitrogen and oxygen atoms in total. The summed E-state index contributed by atoms with van der Waals surface area (Å²) in [7, 11) is 0. The molecule has 2 aliphatic rings. The first-order valence-corrected chi connectivity index (χ1v) is 10.9. The Morgan fingerprint density at radius 2 is 1.79 bits per heavy atom. The van der Waals surface area contributed by atoms with Gasteiger partial charge in [-0.1, -0.05) is 66.7 Å². The van der Waals surface area contributed by atoms with Gasteiger partial charge in [-0.25, -0.2) is 0 Å². The molecule has 2 heteroatoms. The maximum atomic E-state index is 6.70. The van der Waals surface area contributed by atoms with Crippen molar-refractivity contribution in [1.29, 1.82) is 0 Å². The molecular formula is C22H43NO. The second kappa shape index (κ2) is 9.03. The van der Waals surface area contributed by atoms with Crippen molar-refractivity contribution in [3.63, 3.8) is 0 Å². The summed E-state index contributed by atoms with van der Waals surface area (Å²) in [4.78, 5) is 2.67. The summed E-state index contributed by atoms with van der Waals surface area (Å²) in [5, 5.41) is 0. The fourth-order valence-corrected chi connectivity index (χ4v) is 5.63. The Bertz CT molecular complexity index is 365. The summed E-state index contributed by atoms with van der Waals surface area (Å²) in [5.74, 6) is 2.28. The Kier molecular flexibility index (Phi) is 7.61. The van der Waals surface area contributed by atoms with Crippen LogP contribution in [0.15, 0.2) is 0 Å². The van der Waals surface area contributed by atoms with Crippen molar-refractivity contribution in [2.75, 3.05) is 19.6 Å². The molecule has 2 saturated heterocycles. The monoisotopic (exact) mass is 337 g/mol. The third-order valence-corrected chi connectivity index (χ3v) is 7.65. The van der Waals surface area contributed by atoms with Crippen LogP contribution in [-0.4, -0.2) is 36.7 Å². The van der Waals surface area contributed by atoms with Crippen LogP contribution in [0, 0.1) is 23.2 Å². The molecule has 0 radical (unpaired) electrons. The van der Waals surface area contributed by atoms with Gasteiger partial charge in [-0.05, 0) is 50.6 Å². The van der Waals surface area contributed by atoms with Crippen molar-refractivity contribution in [2.24, 2.45) is 23.2 Å². The van der Waals surface area contributed by atoms with Crippen molar-refractivity contribution in [3.05, 3.63) is 0 Å². The highest BCUT2D eigenvalue weighted by Crippen LogP contribution is 2.54. The van der Waals surface area contributed by atoms with E-state index in [2.05, 4.69) is 46.4 Å². The molecule has 0 bridgehead atoms. The van der Waals surface area contributed by atoms with E-state index in [1.165, 1.54) is 64.6 Å². The van der Waals surface area contributed by atoms with Gasteiger partial charge in [0.1, 0.15) is 0 Å². The Balaban J connectivity index is 2.24. The first kappa shape index (κ1) is 20.2. The van der Waals surface area contributed by atoms with Crippen molar-refractivity contribution < 1.29 is 4.74 Å². The topological polar surface area (TPSA) is 12.5 Å². The van der Waals surface area contributed by atoms with E-state index in [1.807, 2.05) is 0 Å². The van der Waals surface area contributed by atoms with Crippen LogP contribution in [0.2, 0.25) is 0 Å². The fraction of sp³-hybridized carbons (Fsp3) is 1.00. The molecule has 2 aliphatic heterocycles. The quantitative estimate of drug-likeness (QED) is 0.531. The number of ether oxygens (including phenoxy) is 1. The van der Waals surface area contributed by atoms with Gasteiger partial charge in [0.15, 0.2) is 0 Å². The molecule has 2 heterocycles. The van der Waals surface area contributed by atoms with Gasteiger partial charge < -0.3 is 9.64 Å². The van der Waals surface area contributed by atoms with Crippen molar-refractivity contribution in [2.45, 2.75) is 98.7 Å². The van der Waals surface area contributed by atoms with Crippen LogP contribution in [0.5, 0.6) is 0 Å². The van der Waals surface area contributed by atoms with Gasteiger partial charge in [0.25, 0.3) is 0 Å². The van der Waals surface area contributed by atoms with Gasteiger partial charge >= 0.3 is 0 Å². The highest BCUT2D eigenvalue weighted by atomic mass is 16.5. The molecule has 0 saturated carbocycles. The molecule has 0 aromatic rings. The predicted molar refractivity (Wildman–Crippen MR) is 104 cm³/mol. The van der Waals surface area contributed by atoms with Gasteiger partial charge in [0.2, 0.25) is 0 Å². The normalized spacial score (nSPS) is 37.0. The number of rotatable bonds is 9. The molecule has 0 aliphatic carbocycles. The lowest BCUT2D eigenvalue weighted by Crippen LogP contribution is -2.44. The third-order valence-electron chi connectivity index (χ3n) is 7.65. The molecule has 0 N–H and O–H groups in total. The Morgan fingerprint density at radius 3 is 2.33 bits per heavy atom. The number of nitrogens with zero attached hydrogens (tertiary/aromatic N) is 1. The van der Waals surface area contributed by atoms with E-state index in [-0.39, 0.29) is 0 Å².